The van der Waals surface area contributed by atoms with Gasteiger partial charge >= 0.3 is 0 Å². The Balaban J connectivity index is 1.85. The third-order valence-electron chi connectivity index (χ3n) is 3.26. The van der Waals surface area contributed by atoms with E-state index in [1.54, 1.807) is 0 Å². The zero-order valence-corrected chi connectivity index (χ0v) is 8.54. The smallest absolute Gasteiger partial charge is 0.224 e. The molecule has 78 valence electrons. The van der Waals surface area contributed by atoms with Crippen LogP contribution in [-0.4, -0.2) is 29.4 Å². The number of carbonyl (C=O) groups excluding carboxylic acids is 1. The Kier molecular flexibility index (Phi) is 2.59. The molecule has 0 saturated heterocycles. The summed E-state index contributed by atoms with van der Waals surface area (Å²) in [6.45, 7) is 1.64. The largest absolute Gasteiger partial charge is 0.339 e. The normalized spacial score (nSPS) is 24.5. The van der Waals surface area contributed by atoms with Crippen molar-refractivity contribution in [1.82, 2.24) is 4.90 Å². The molecule has 0 spiro atoms. The Morgan fingerprint density at radius 2 is 2.21 bits per heavy atom. The molecular formula is C11H18N2O. The Bertz CT molecular complexity index is 256. The molecule has 2 aliphatic rings. The highest BCUT2D eigenvalue weighted by Crippen LogP contribution is 2.32. The van der Waals surface area contributed by atoms with Gasteiger partial charge in [-0.25, -0.2) is 0 Å². The number of hydrogen-bond donors (Lipinski definition) is 1. The van der Waals surface area contributed by atoms with Crippen LogP contribution < -0.4 is 5.73 Å². The summed E-state index contributed by atoms with van der Waals surface area (Å²) in [5.41, 5.74) is 5.88. The van der Waals surface area contributed by atoms with Crippen LogP contribution in [0.4, 0.5) is 0 Å². The Morgan fingerprint density at radius 1 is 1.43 bits per heavy atom. The predicted molar refractivity (Wildman–Crippen MR) is 55.7 cm³/mol. The van der Waals surface area contributed by atoms with Crippen molar-refractivity contribution >= 4 is 5.91 Å². The fraction of sp³-hybridized carbons (Fsp3) is 0.727. The number of hydrogen-bond acceptors (Lipinski definition) is 2. The minimum atomic E-state index is -0.168. The molecule has 1 aliphatic heterocycles. The molecule has 2 N–H and O–H groups in total. The van der Waals surface area contributed by atoms with E-state index in [1.165, 1.54) is 6.42 Å². The minimum Gasteiger partial charge on any atom is -0.339 e. The molecule has 1 amide bonds. The molecule has 0 unspecified atom stereocenters. The summed E-state index contributed by atoms with van der Waals surface area (Å²) in [6.07, 6.45) is 8.94. The lowest BCUT2D eigenvalue weighted by Crippen LogP contribution is -2.50. The van der Waals surface area contributed by atoms with Gasteiger partial charge < -0.3 is 10.6 Å². The Morgan fingerprint density at radius 3 is 2.71 bits per heavy atom. The molecule has 3 heteroatoms. The van der Waals surface area contributed by atoms with Crippen molar-refractivity contribution in [3.63, 3.8) is 0 Å². The first kappa shape index (κ1) is 9.71. The highest BCUT2D eigenvalue weighted by Gasteiger charge is 2.35. The first-order chi connectivity index (χ1) is 6.70. The topological polar surface area (TPSA) is 46.3 Å². The van der Waals surface area contributed by atoms with Crippen molar-refractivity contribution in [2.24, 2.45) is 5.73 Å². The maximum Gasteiger partial charge on any atom is 0.224 e. The van der Waals surface area contributed by atoms with Crippen LogP contribution >= 0.6 is 0 Å². The van der Waals surface area contributed by atoms with Gasteiger partial charge in [0.2, 0.25) is 5.91 Å². The van der Waals surface area contributed by atoms with E-state index in [9.17, 15) is 4.79 Å². The van der Waals surface area contributed by atoms with Gasteiger partial charge in [-0.1, -0.05) is 12.2 Å². The summed E-state index contributed by atoms with van der Waals surface area (Å²) in [7, 11) is 0. The van der Waals surface area contributed by atoms with Gasteiger partial charge in [-0.2, -0.15) is 0 Å². The molecule has 14 heavy (non-hydrogen) atoms. The van der Waals surface area contributed by atoms with E-state index in [2.05, 4.69) is 12.2 Å². The van der Waals surface area contributed by atoms with E-state index in [0.29, 0.717) is 6.42 Å². The van der Waals surface area contributed by atoms with Crippen LogP contribution in [0, 0.1) is 0 Å². The van der Waals surface area contributed by atoms with Crippen molar-refractivity contribution in [3.8, 4) is 0 Å². The van der Waals surface area contributed by atoms with Gasteiger partial charge in [-0.05, 0) is 25.7 Å². The SMILES string of the molecule is NC1(CC(=O)N2CC=CCC2)CCC1. The van der Waals surface area contributed by atoms with E-state index < -0.39 is 0 Å². The summed E-state index contributed by atoms with van der Waals surface area (Å²) in [4.78, 5) is 13.7. The molecule has 1 fully saturated rings. The second-order valence-corrected chi connectivity index (χ2v) is 4.49. The van der Waals surface area contributed by atoms with E-state index in [-0.39, 0.29) is 11.4 Å². The van der Waals surface area contributed by atoms with Crippen LogP contribution in [0.2, 0.25) is 0 Å². The lowest BCUT2D eigenvalue weighted by molar-refractivity contribution is -0.132. The zero-order chi connectivity index (χ0) is 10.0. The van der Waals surface area contributed by atoms with Gasteiger partial charge in [0.05, 0.1) is 0 Å². The van der Waals surface area contributed by atoms with Crippen LogP contribution in [0.15, 0.2) is 12.2 Å². The standard InChI is InChI=1S/C11H18N2O/c12-11(5-4-6-11)9-10(14)13-7-2-1-3-8-13/h1-2H,3-9,12H2. The average molecular weight is 194 g/mol. The summed E-state index contributed by atoms with van der Waals surface area (Å²) in [5, 5.41) is 0. The Labute approximate surface area is 84.9 Å². The molecule has 0 atom stereocenters. The van der Waals surface area contributed by atoms with Gasteiger partial charge in [-0.15, -0.1) is 0 Å². The molecule has 0 aromatic carbocycles. The van der Waals surface area contributed by atoms with Gasteiger partial charge in [0, 0.05) is 25.0 Å². The van der Waals surface area contributed by atoms with E-state index in [0.717, 1.165) is 32.4 Å². The van der Waals surface area contributed by atoms with Crippen molar-refractivity contribution in [3.05, 3.63) is 12.2 Å². The van der Waals surface area contributed by atoms with Gasteiger partial charge in [0.15, 0.2) is 0 Å². The summed E-state index contributed by atoms with van der Waals surface area (Å²) < 4.78 is 0. The molecule has 1 heterocycles. The van der Waals surface area contributed by atoms with Crippen molar-refractivity contribution in [2.45, 2.75) is 37.6 Å². The fourth-order valence-electron chi connectivity index (χ4n) is 2.09. The van der Waals surface area contributed by atoms with Crippen LogP contribution in [-0.2, 0) is 4.79 Å². The van der Waals surface area contributed by atoms with E-state index in [1.807, 2.05) is 4.90 Å². The zero-order valence-electron chi connectivity index (χ0n) is 8.54. The van der Waals surface area contributed by atoms with E-state index in [4.69, 9.17) is 5.73 Å². The summed E-state index contributed by atoms with van der Waals surface area (Å²) in [6, 6.07) is 0. The van der Waals surface area contributed by atoms with Crippen LogP contribution in [0.25, 0.3) is 0 Å². The van der Waals surface area contributed by atoms with Gasteiger partial charge in [0.1, 0.15) is 0 Å². The number of rotatable bonds is 2. The third-order valence-corrected chi connectivity index (χ3v) is 3.26. The number of nitrogens with two attached hydrogens (primary N) is 1. The average Bonchev–Trinajstić information content (AvgIpc) is 2.17. The van der Waals surface area contributed by atoms with Crippen LogP contribution in [0.1, 0.15) is 32.1 Å². The van der Waals surface area contributed by atoms with Crippen molar-refractivity contribution in [1.29, 1.82) is 0 Å². The summed E-state index contributed by atoms with van der Waals surface area (Å²) >= 11 is 0. The quantitative estimate of drug-likeness (QED) is 0.668. The molecule has 0 radical (unpaired) electrons. The lowest BCUT2D eigenvalue weighted by Gasteiger charge is -2.39. The maximum atomic E-state index is 11.8. The van der Waals surface area contributed by atoms with Crippen molar-refractivity contribution < 1.29 is 4.79 Å². The maximum absolute atomic E-state index is 11.8. The molecule has 0 aromatic rings. The lowest BCUT2D eigenvalue weighted by atomic mass is 9.75. The molecule has 0 aromatic heterocycles. The Hall–Kier alpha value is -0.830. The number of amides is 1. The van der Waals surface area contributed by atoms with Crippen LogP contribution in [0.5, 0.6) is 0 Å². The number of carbonyl (C=O) groups is 1. The molecular weight excluding hydrogens is 176 g/mol. The first-order valence-corrected chi connectivity index (χ1v) is 5.41. The molecule has 2 rings (SSSR count). The molecule has 0 bridgehead atoms. The van der Waals surface area contributed by atoms with Crippen molar-refractivity contribution in [2.75, 3.05) is 13.1 Å². The summed E-state index contributed by atoms with van der Waals surface area (Å²) in [5.74, 6) is 0.233. The third kappa shape index (κ3) is 1.98. The monoisotopic (exact) mass is 194 g/mol. The highest BCUT2D eigenvalue weighted by atomic mass is 16.2. The highest BCUT2D eigenvalue weighted by molar-refractivity contribution is 5.78. The van der Waals surface area contributed by atoms with E-state index >= 15 is 0 Å². The van der Waals surface area contributed by atoms with Gasteiger partial charge in [0.25, 0.3) is 0 Å². The predicted octanol–water partition coefficient (Wildman–Crippen LogP) is 1.05. The molecule has 3 nitrogen and oxygen atoms in total. The number of nitrogens with zero attached hydrogens (tertiary/aromatic N) is 1. The molecule has 1 aliphatic carbocycles. The fourth-order valence-corrected chi connectivity index (χ4v) is 2.09. The second kappa shape index (κ2) is 3.73. The second-order valence-electron chi connectivity index (χ2n) is 4.49. The van der Waals surface area contributed by atoms with Crippen LogP contribution in [0.3, 0.4) is 0 Å². The first-order valence-electron chi connectivity index (χ1n) is 5.41. The minimum absolute atomic E-state index is 0.168. The molecule has 1 saturated carbocycles. The van der Waals surface area contributed by atoms with Gasteiger partial charge in [-0.3, -0.25) is 4.79 Å².